The van der Waals surface area contributed by atoms with Crippen molar-refractivity contribution >= 4 is 18.2 Å². The number of piperidine rings is 1. The van der Waals surface area contributed by atoms with Crippen LogP contribution in [0.5, 0.6) is 0 Å². The molecule has 0 spiro atoms. The van der Waals surface area contributed by atoms with E-state index in [9.17, 15) is 4.57 Å². The molecule has 0 atom stereocenters. The van der Waals surface area contributed by atoms with Crippen molar-refractivity contribution in [2.45, 2.75) is 19.3 Å². The Bertz CT molecular complexity index is 178. The highest BCUT2D eigenvalue weighted by Crippen LogP contribution is 2.50. The van der Waals surface area contributed by atoms with Crippen molar-refractivity contribution in [3.8, 4) is 0 Å². The molecule has 12 heavy (non-hydrogen) atoms. The van der Waals surface area contributed by atoms with Gasteiger partial charge in [-0.15, -0.1) is 0 Å². The Balaban J connectivity index is 2.17. The van der Waals surface area contributed by atoms with Crippen molar-refractivity contribution in [3.63, 3.8) is 0 Å². The van der Waals surface area contributed by atoms with Crippen LogP contribution in [0.3, 0.4) is 0 Å². The fraction of sp³-hybridized carbons (Fsp3) is 1.00. The summed E-state index contributed by atoms with van der Waals surface area (Å²) < 4.78 is 10.5. The summed E-state index contributed by atoms with van der Waals surface area (Å²) >= 11 is 0.733. The highest BCUT2D eigenvalue weighted by atomic mass is 32.7. The van der Waals surface area contributed by atoms with Crippen LogP contribution in [0.25, 0.3) is 0 Å². The molecule has 0 radical (unpaired) electrons. The summed E-state index contributed by atoms with van der Waals surface area (Å²) in [5.41, 5.74) is 0. The standard InChI is InChI=1S/C6H14NO3PS/c8-11(9,10)12-6-7-4-2-1-3-5-7/h1-6H2,(H2,8,9,10). The zero-order valence-electron chi connectivity index (χ0n) is 6.85. The van der Waals surface area contributed by atoms with Gasteiger partial charge in [0.1, 0.15) is 0 Å². The molecule has 1 aliphatic rings. The van der Waals surface area contributed by atoms with Crippen molar-refractivity contribution in [2.75, 3.05) is 19.0 Å². The van der Waals surface area contributed by atoms with Crippen LogP contribution >= 0.6 is 18.2 Å². The van der Waals surface area contributed by atoms with E-state index in [1.807, 2.05) is 0 Å². The SMILES string of the molecule is O=P(O)(O)SCN1CCCCC1. The summed E-state index contributed by atoms with van der Waals surface area (Å²) in [6.45, 7) is -1.90. The van der Waals surface area contributed by atoms with Crippen LogP contribution in [0.4, 0.5) is 0 Å². The van der Waals surface area contributed by atoms with E-state index >= 15 is 0 Å². The van der Waals surface area contributed by atoms with Gasteiger partial charge in [-0.25, -0.2) is 4.57 Å². The molecular weight excluding hydrogens is 197 g/mol. The fourth-order valence-corrected chi connectivity index (χ4v) is 2.76. The summed E-state index contributed by atoms with van der Waals surface area (Å²) in [6, 6.07) is 0. The van der Waals surface area contributed by atoms with Crippen LogP contribution in [-0.2, 0) is 4.57 Å². The van der Waals surface area contributed by atoms with E-state index in [0.29, 0.717) is 5.88 Å². The normalized spacial score (nSPS) is 21.2. The summed E-state index contributed by atoms with van der Waals surface area (Å²) in [5, 5.41) is 0. The van der Waals surface area contributed by atoms with Gasteiger partial charge in [0.25, 0.3) is 0 Å². The van der Waals surface area contributed by atoms with E-state index in [4.69, 9.17) is 9.79 Å². The predicted octanol–water partition coefficient (Wildman–Crippen LogP) is 1.26. The van der Waals surface area contributed by atoms with Gasteiger partial charge in [-0.3, -0.25) is 4.90 Å². The Hall–Kier alpha value is 0.460. The fourth-order valence-electron chi connectivity index (χ4n) is 1.25. The second kappa shape index (κ2) is 4.63. The molecule has 0 aromatic carbocycles. The van der Waals surface area contributed by atoms with Gasteiger partial charge >= 0.3 is 6.80 Å². The van der Waals surface area contributed by atoms with Gasteiger partial charge in [0.15, 0.2) is 0 Å². The Kier molecular flexibility index (Phi) is 4.06. The summed E-state index contributed by atoms with van der Waals surface area (Å²) in [6.07, 6.45) is 3.56. The van der Waals surface area contributed by atoms with E-state index in [1.54, 1.807) is 0 Å². The number of hydrogen-bond acceptors (Lipinski definition) is 3. The molecule has 0 saturated carbocycles. The van der Waals surface area contributed by atoms with Crippen LogP contribution < -0.4 is 0 Å². The van der Waals surface area contributed by atoms with E-state index in [-0.39, 0.29) is 0 Å². The molecule has 0 aliphatic carbocycles. The van der Waals surface area contributed by atoms with Crippen molar-refractivity contribution in [1.82, 2.24) is 4.90 Å². The minimum Gasteiger partial charge on any atom is -0.317 e. The Morgan fingerprint density at radius 1 is 1.25 bits per heavy atom. The third kappa shape index (κ3) is 4.48. The molecule has 0 bridgehead atoms. The molecule has 0 aromatic heterocycles. The van der Waals surface area contributed by atoms with Gasteiger partial charge in [-0.1, -0.05) is 6.42 Å². The number of likely N-dealkylation sites (tertiary alicyclic amines) is 1. The number of hydrogen-bond donors (Lipinski definition) is 2. The molecule has 2 N–H and O–H groups in total. The molecule has 1 rings (SSSR count). The lowest BCUT2D eigenvalue weighted by Gasteiger charge is -2.25. The molecule has 6 heteroatoms. The molecule has 72 valence electrons. The van der Waals surface area contributed by atoms with Gasteiger partial charge in [-0.05, 0) is 37.3 Å². The maximum absolute atomic E-state index is 10.5. The van der Waals surface area contributed by atoms with Gasteiger partial charge < -0.3 is 9.79 Å². The van der Waals surface area contributed by atoms with Crippen LogP contribution in [0.1, 0.15) is 19.3 Å². The first-order valence-electron chi connectivity index (χ1n) is 4.00. The molecule has 1 aliphatic heterocycles. The molecule has 4 nitrogen and oxygen atoms in total. The second-order valence-electron chi connectivity index (χ2n) is 2.93. The maximum atomic E-state index is 10.5. The van der Waals surface area contributed by atoms with Crippen molar-refractivity contribution < 1.29 is 14.4 Å². The quantitative estimate of drug-likeness (QED) is 0.688. The van der Waals surface area contributed by atoms with Gasteiger partial charge in [0.2, 0.25) is 0 Å². The van der Waals surface area contributed by atoms with Gasteiger partial charge in [0, 0.05) is 0 Å². The van der Waals surface area contributed by atoms with E-state index in [1.165, 1.54) is 6.42 Å². The lowest BCUT2D eigenvalue weighted by Crippen LogP contribution is -2.29. The Morgan fingerprint density at radius 2 is 1.83 bits per heavy atom. The average molecular weight is 211 g/mol. The first-order chi connectivity index (χ1) is 5.58. The summed E-state index contributed by atoms with van der Waals surface area (Å²) in [5.74, 6) is 0.463. The Morgan fingerprint density at radius 3 is 2.33 bits per heavy atom. The molecule has 0 amide bonds. The topological polar surface area (TPSA) is 60.8 Å². The maximum Gasteiger partial charge on any atom is 0.385 e. The number of nitrogens with zero attached hydrogens (tertiary/aromatic N) is 1. The van der Waals surface area contributed by atoms with Crippen LogP contribution in [-0.4, -0.2) is 33.7 Å². The van der Waals surface area contributed by atoms with E-state index in [2.05, 4.69) is 4.90 Å². The predicted molar refractivity (Wildman–Crippen MR) is 49.9 cm³/mol. The van der Waals surface area contributed by atoms with Crippen molar-refractivity contribution in [2.24, 2.45) is 0 Å². The summed E-state index contributed by atoms with van der Waals surface area (Å²) in [4.78, 5) is 19.3. The summed E-state index contributed by atoms with van der Waals surface area (Å²) in [7, 11) is 0. The third-order valence-corrected chi connectivity index (χ3v) is 4.03. The zero-order valence-corrected chi connectivity index (χ0v) is 8.56. The van der Waals surface area contributed by atoms with E-state index < -0.39 is 6.80 Å². The molecule has 1 saturated heterocycles. The first-order valence-corrected chi connectivity index (χ1v) is 7.21. The van der Waals surface area contributed by atoms with E-state index in [0.717, 1.165) is 37.3 Å². The highest BCUT2D eigenvalue weighted by Gasteiger charge is 2.17. The number of rotatable bonds is 3. The van der Waals surface area contributed by atoms with Crippen molar-refractivity contribution in [1.29, 1.82) is 0 Å². The highest BCUT2D eigenvalue weighted by molar-refractivity contribution is 8.54. The second-order valence-corrected chi connectivity index (χ2v) is 6.63. The minimum absolute atomic E-state index is 0.463. The largest absolute Gasteiger partial charge is 0.385 e. The average Bonchev–Trinajstić information content (AvgIpc) is 2.02. The first kappa shape index (κ1) is 10.5. The molecule has 0 unspecified atom stereocenters. The Labute approximate surface area is 76.2 Å². The molecule has 1 fully saturated rings. The van der Waals surface area contributed by atoms with Gasteiger partial charge in [0.05, 0.1) is 5.88 Å². The van der Waals surface area contributed by atoms with Crippen molar-refractivity contribution in [3.05, 3.63) is 0 Å². The molecular formula is C6H14NO3PS. The molecule has 0 aromatic rings. The third-order valence-electron chi connectivity index (χ3n) is 1.86. The lowest BCUT2D eigenvalue weighted by molar-refractivity contribution is 0.266. The zero-order chi connectivity index (χ0) is 9.03. The van der Waals surface area contributed by atoms with Crippen LogP contribution in [0.15, 0.2) is 0 Å². The van der Waals surface area contributed by atoms with Crippen LogP contribution in [0, 0.1) is 0 Å². The lowest BCUT2D eigenvalue weighted by atomic mass is 10.1. The molecule has 1 heterocycles. The minimum atomic E-state index is -3.86. The smallest absolute Gasteiger partial charge is 0.317 e. The van der Waals surface area contributed by atoms with Gasteiger partial charge in [-0.2, -0.15) is 0 Å². The van der Waals surface area contributed by atoms with Crippen LogP contribution in [0.2, 0.25) is 0 Å². The monoisotopic (exact) mass is 211 g/mol.